The number of carbonyl (C=O) groups excluding carboxylic acids is 1. The Morgan fingerprint density at radius 1 is 0.830 bits per heavy atom. The fourth-order valence-corrected chi connectivity index (χ4v) is 7.53. The molecule has 0 unspecified atom stereocenters. The zero-order valence-electron chi connectivity index (χ0n) is 27.6. The lowest BCUT2D eigenvalue weighted by Crippen LogP contribution is -2.33. The Bertz CT molecular complexity index is 2010. The summed E-state index contributed by atoms with van der Waals surface area (Å²) in [5.74, 6) is -0.889. The molecule has 7 nitrogen and oxygen atoms in total. The lowest BCUT2D eigenvalue weighted by atomic mass is 9.79. The molecule has 240 valence electrons. The van der Waals surface area contributed by atoms with E-state index < -0.39 is 5.97 Å². The molecule has 0 atom stereocenters. The van der Waals surface area contributed by atoms with Crippen LogP contribution in [0.15, 0.2) is 109 Å². The molecule has 0 aromatic heterocycles. The van der Waals surface area contributed by atoms with E-state index in [1.54, 1.807) is 0 Å². The molecule has 0 saturated carbocycles. The van der Waals surface area contributed by atoms with Gasteiger partial charge in [0.2, 0.25) is 11.6 Å². The molecule has 7 heteroatoms. The number of anilines is 1. The molecule has 4 aromatic carbocycles. The van der Waals surface area contributed by atoms with Crippen LogP contribution in [0.2, 0.25) is 0 Å². The predicted octanol–water partition coefficient (Wildman–Crippen LogP) is 7.06. The van der Waals surface area contributed by atoms with Gasteiger partial charge in [0.25, 0.3) is 0 Å². The van der Waals surface area contributed by atoms with Crippen LogP contribution in [-0.4, -0.2) is 47.0 Å². The summed E-state index contributed by atoms with van der Waals surface area (Å²) in [5, 5.41) is 17.0. The first-order chi connectivity index (χ1) is 22.6. The number of carboxylic acids is 1. The van der Waals surface area contributed by atoms with Gasteiger partial charge in [0.15, 0.2) is 12.3 Å². The van der Waals surface area contributed by atoms with Crippen molar-refractivity contribution in [1.82, 2.24) is 5.32 Å². The Balaban J connectivity index is 1.35. The quantitative estimate of drug-likeness (QED) is 0.0994. The van der Waals surface area contributed by atoms with Gasteiger partial charge in [-0.15, -0.1) is 0 Å². The molecule has 4 N–H and O–H groups in total. The summed E-state index contributed by atoms with van der Waals surface area (Å²) in [6, 6.07) is 25.4. The number of nitrogens with two attached hydrogens (primary N) is 1. The van der Waals surface area contributed by atoms with Crippen molar-refractivity contribution in [2.24, 2.45) is 5.73 Å². The van der Waals surface area contributed by atoms with Crippen LogP contribution in [0.4, 0.5) is 11.4 Å². The van der Waals surface area contributed by atoms with Gasteiger partial charge in [-0.05, 0) is 59.2 Å². The van der Waals surface area contributed by atoms with Crippen molar-refractivity contribution < 1.29 is 19.3 Å². The van der Waals surface area contributed by atoms with Crippen molar-refractivity contribution in [1.29, 1.82) is 0 Å². The minimum Gasteiger partial charge on any atom is -0.481 e. The van der Waals surface area contributed by atoms with E-state index in [4.69, 9.17) is 5.73 Å². The summed E-state index contributed by atoms with van der Waals surface area (Å²) >= 11 is 0. The number of allylic oxidation sites excluding steroid dienone is 6. The molecule has 2 aliphatic rings. The Kier molecular flexibility index (Phi) is 8.60. The van der Waals surface area contributed by atoms with E-state index in [-0.39, 0.29) is 29.8 Å². The van der Waals surface area contributed by atoms with Crippen molar-refractivity contribution in [3.05, 3.63) is 120 Å². The highest BCUT2D eigenvalue weighted by Gasteiger charge is 2.45. The second-order valence-electron chi connectivity index (χ2n) is 13.3. The van der Waals surface area contributed by atoms with Crippen molar-refractivity contribution in [3.63, 3.8) is 0 Å². The van der Waals surface area contributed by atoms with Crippen LogP contribution in [0.25, 0.3) is 21.5 Å². The number of hydrogen-bond donors (Lipinski definition) is 3. The number of nitrogens with one attached hydrogen (secondary N) is 1. The number of nitrogens with zero attached hydrogens (tertiary/aromatic N) is 2. The molecule has 4 aromatic rings. The lowest BCUT2D eigenvalue weighted by molar-refractivity contribution is -0.436. The van der Waals surface area contributed by atoms with Crippen molar-refractivity contribution in [2.75, 3.05) is 24.7 Å². The van der Waals surface area contributed by atoms with Crippen LogP contribution >= 0.6 is 0 Å². The van der Waals surface area contributed by atoms with Gasteiger partial charge in [0, 0.05) is 47.5 Å². The SMILES string of the molecule is CC1(C)C(/C=C/C=C/C=C2/N(CCC(=O)NCN)c3ccc4ccccc4c3C2(C)C)=[N+](CCC(=O)O)c2ccc3ccccc3c21. The maximum atomic E-state index is 12.4. The normalized spacial score (nSPS) is 17.4. The minimum absolute atomic E-state index is 0.0467. The van der Waals surface area contributed by atoms with E-state index in [9.17, 15) is 14.7 Å². The smallest absolute Gasteiger partial charge is 0.309 e. The molecule has 2 aliphatic heterocycles. The van der Waals surface area contributed by atoms with Gasteiger partial charge >= 0.3 is 5.97 Å². The summed E-state index contributed by atoms with van der Waals surface area (Å²) in [6.07, 6.45) is 10.8. The second-order valence-corrected chi connectivity index (χ2v) is 13.3. The Morgan fingerprint density at radius 3 is 2.17 bits per heavy atom. The van der Waals surface area contributed by atoms with E-state index in [2.05, 4.69) is 127 Å². The monoisotopic (exact) mass is 627 g/mol. The Hall–Kier alpha value is -5.01. The fourth-order valence-electron chi connectivity index (χ4n) is 7.53. The van der Waals surface area contributed by atoms with E-state index in [0.29, 0.717) is 19.5 Å². The number of rotatable bonds is 10. The summed E-state index contributed by atoms with van der Waals surface area (Å²) in [7, 11) is 0. The molecule has 1 amide bonds. The zero-order chi connectivity index (χ0) is 33.3. The van der Waals surface area contributed by atoms with Crippen LogP contribution in [-0.2, 0) is 20.4 Å². The first-order valence-electron chi connectivity index (χ1n) is 16.3. The molecule has 0 aliphatic carbocycles. The average Bonchev–Trinajstić information content (AvgIpc) is 3.41. The van der Waals surface area contributed by atoms with Gasteiger partial charge in [0.1, 0.15) is 6.42 Å². The summed E-state index contributed by atoms with van der Waals surface area (Å²) in [6.45, 7) is 9.96. The molecule has 47 heavy (non-hydrogen) atoms. The number of fused-ring (bicyclic) bond motifs is 6. The van der Waals surface area contributed by atoms with Crippen LogP contribution in [0.1, 0.15) is 51.7 Å². The van der Waals surface area contributed by atoms with E-state index >= 15 is 0 Å². The van der Waals surface area contributed by atoms with E-state index in [1.165, 1.54) is 32.7 Å². The summed E-state index contributed by atoms with van der Waals surface area (Å²) in [5.41, 5.74) is 11.8. The summed E-state index contributed by atoms with van der Waals surface area (Å²) < 4.78 is 2.16. The fraction of sp³-hybridized carbons (Fsp3) is 0.275. The third kappa shape index (κ3) is 5.76. The second kappa shape index (κ2) is 12.6. The molecule has 0 saturated heterocycles. The van der Waals surface area contributed by atoms with E-state index in [1.807, 2.05) is 18.2 Å². The number of benzene rings is 4. The van der Waals surface area contributed by atoms with Crippen molar-refractivity contribution >= 4 is 50.5 Å². The number of carboxylic acid groups (broad SMARTS) is 1. The van der Waals surface area contributed by atoms with Crippen LogP contribution in [0.5, 0.6) is 0 Å². The third-order valence-electron chi connectivity index (χ3n) is 9.65. The summed E-state index contributed by atoms with van der Waals surface area (Å²) in [4.78, 5) is 26.3. The number of amides is 1. The Morgan fingerprint density at radius 2 is 1.49 bits per heavy atom. The van der Waals surface area contributed by atoms with E-state index in [0.717, 1.165) is 22.8 Å². The molecule has 0 spiro atoms. The van der Waals surface area contributed by atoms with Gasteiger partial charge in [-0.2, -0.15) is 4.58 Å². The first kappa shape index (κ1) is 32.0. The first-order valence-corrected chi connectivity index (χ1v) is 16.3. The maximum Gasteiger partial charge on any atom is 0.309 e. The topological polar surface area (TPSA) is 98.7 Å². The maximum absolute atomic E-state index is 12.4. The van der Waals surface area contributed by atoms with Crippen LogP contribution in [0.3, 0.4) is 0 Å². The van der Waals surface area contributed by atoms with Gasteiger partial charge in [-0.3, -0.25) is 9.59 Å². The number of hydrogen-bond acceptors (Lipinski definition) is 4. The lowest BCUT2D eigenvalue weighted by Gasteiger charge is -2.27. The standard InChI is InChI=1S/C40H42N4O3/c1-39(2)33(43(24-22-35(45)42-26-41)31-20-18-27-12-8-10-14-29(27)37(31)39)16-6-5-7-17-34-40(3,4)38-30-15-11-9-13-28(30)19-21-32(38)44(34)25-23-36(46)47/h5-21H,22-26,41H2,1-4H3,(H-,42,45,46,47)/p+1. The van der Waals surface area contributed by atoms with Crippen molar-refractivity contribution in [3.8, 4) is 0 Å². The largest absolute Gasteiger partial charge is 0.481 e. The zero-order valence-corrected chi connectivity index (χ0v) is 27.6. The molecular weight excluding hydrogens is 584 g/mol. The number of carbonyl (C=O) groups is 2. The third-order valence-corrected chi connectivity index (χ3v) is 9.65. The highest BCUT2D eigenvalue weighted by Crippen LogP contribution is 2.51. The molecule has 0 fully saturated rings. The molecule has 2 heterocycles. The minimum atomic E-state index is -0.815. The molecule has 0 radical (unpaired) electrons. The van der Waals surface area contributed by atoms with Gasteiger partial charge in [-0.25, -0.2) is 0 Å². The van der Waals surface area contributed by atoms with Crippen molar-refractivity contribution in [2.45, 2.75) is 51.4 Å². The van der Waals surface area contributed by atoms with Crippen LogP contribution < -0.4 is 16.0 Å². The Labute approximate surface area is 276 Å². The number of aliphatic carboxylic acids is 1. The van der Waals surface area contributed by atoms with Gasteiger partial charge in [-0.1, -0.05) is 86.7 Å². The average molecular weight is 628 g/mol. The highest BCUT2D eigenvalue weighted by atomic mass is 16.4. The van der Waals surface area contributed by atoms with Crippen LogP contribution in [0, 0.1) is 0 Å². The molecular formula is C40H43N4O3+. The predicted molar refractivity (Wildman–Crippen MR) is 192 cm³/mol. The van der Waals surface area contributed by atoms with Gasteiger partial charge in [0.05, 0.1) is 12.1 Å². The van der Waals surface area contributed by atoms with Gasteiger partial charge < -0.3 is 21.1 Å². The molecule has 0 bridgehead atoms. The molecule has 6 rings (SSSR count). The highest BCUT2D eigenvalue weighted by molar-refractivity contribution is 6.07.